The molecule has 0 spiro atoms. The maximum absolute atomic E-state index is 5.10. The van der Waals surface area contributed by atoms with Crippen LogP contribution < -0.4 is 5.32 Å². The Hall–Kier alpha value is -1.61. The van der Waals surface area contributed by atoms with Crippen molar-refractivity contribution in [3.63, 3.8) is 0 Å². The van der Waals surface area contributed by atoms with Crippen LogP contribution in [0, 0.1) is 12.8 Å². The Labute approximate surface area is 164 Å². The smallest absolute Gasteiger partial charge is 0.130 e. The number of pyridine rings is 1. The summed E-state index contributed by atoms with van der Waals surface area (Å²) >= 11 is 0. The van der Waals surface area contributed by atoms with Crippen molar-refractivity contribution in [3.8, 4) is 0 Å². The number of likely N-dealkylation sites (tertiary alicyclic amines) is 1. The molecular formula is C24H35N3. The van der Waals surface area contributed by atoms with Gasteiger partial charge in [0.05, 0.1) is 5.52 Å². The van der Waals surface area contributed by atoms with Crippen LogP contribution in [0.1, 0.15) is 61.8 Å². The molecule has 3 nitrogen and oxygen atoms in total. The molecule has 2 aromatic rings. The number of anilines is 1. The van der Waals surface area contributed by atoms with E-state index in [9.17, 15) is 0 Å². The summed E-state index contributed by atoms with van der Waals surface area (Å²) in [7, 11) is 2.25. The lowest BCUT2D eigenvalue weighted by atomic mass is 9.87. The number of aromatic nitrogens is 1. The normalized spacial score (nSPS) is 20.4. The molecule has 1 atom stereocenters. The van der Waals surface area contributed by atoms with Gasteiger partial charge in [-0.1, -0.05) is 0 Å². The van der Waals surface area contributed by atoms with Crippen LogP contribution >= 0.6 is 0 Å². The first-order valence-electron chi connectivity index (χ1n) is 10.9. The molecule has 1 aromatic heterocycles. The number of nitrogens with one attached hydrogen (secondary N) is 1. The number of benzene rings is 1. The van der Waals surface area contributed by atoms with Crippen LogP contribution in [0.25, 0.3) is 10.9 Å². The Bertz CT molecular complexity index is 824. The molecule has 2 aliphatic rings. The predicted molar refractivity (Wildman–Crippen MR) is 116 cm³/mol. The van der Waals surface area contributed by atoms with Gasteiger partial charge in [-0.15, -0.1) is 0 Å². The Morgan fingerprint density at radius 3 is 2.67 bits per heavy atom. The Balaban J connectivity index is 1.67. The third-order valence-electron chi connectivity index (χ3n) is 6.50. The van der Waals surface area contributed by atoms with Gasteiger partial charge in [0.2, 0.25) is 0 Å². The summed E-state index contributed by atoms with van der Waals surface area (Å²) in [4.78, 5) is 7.57. The van der Waals surface area contributed by atoms with E-state index in [1.54, 1.807) is 5.56 Å². The third-order valence-corrected chi connectivity index (χ3v) is 6.50. The van der Waals surface area contributed by atoms with Gasteiger partial charge in [0.25, 0.3) is 0 Å². The topological polar surface area (TPSA) is 28.2 Å². The molecule has 0 bridgehead atoms. The van der Waals surface area contributed by atoms with E-state index in [4.69, 9.17) is 4.98 Å². The van der Waals surface area contributed by atoms with Gasteiger partial charge >= 0.3 is 0 Å². The summed E-state index contributed by atoms with van der Waals surface area (Å²) in [6.07, 6.45) is 8.82. The van der Waals surface area contributed by atoms with Crippen LogP contribution in [0.2, 0.25) is 0 Å². The van der Waals surface area contributed by atoms with Crippen LogP contribution in [0.3, 0.4) is 0 Å². The SMILES string of the molecule is Cc1cc2c3c(c(NC(C)C)nc2cc1CCC1CCN(C)C1)CCCC3. The van der Waals surface area contributed by atoms with Crippen molar-refractivity contribution < 1.29 is 0 Å². The minimum Gasteiger partial charge on any atom is -0.368 e. The zero-order chi connectivity index (χ0) is 19.0. The van der Waals surface area contributed by atoms with Gasteiger partial charge in [0, 0.05) is 18.0 Å². The molecule has 0 saturated carbocycles. The second kappa shape index (κ2) is 7.79. The molecule has 1 saturated heterocycles. The van der Waals surface area contributed by atoms with Crippen LogP contribution in [0.15, 0.2) is 12.1 Å². The number of nitrogens with zero attached hydrogens (tertiary/aromatic N) is 2. The van der Waals surface area contributed by atoms with E-state index in [1.165, 1.54) is 85.6 Å². The molecule has 146 valence electrons. The first-order valence-corrected chi connectivity index (χ1v) is 10.9. The Kier molecular flexibility index (Phi) is 5.41. The number of aryl methyl sites for hydroxylation is 3. The second-order valence-corrected chi connectivity index (χ2v) is 9.18. The van der Waals surface area contributed by atoms with Gasteiger partial charge in [-0.05, 0) is 120 Å². The van der Waals surface area contributed by atoms with Gasteiger partial charge in [-0.25, -0.2) is 4.98 Å². The summed E-state index contributed by atoms with van der Waals surface area (Å²) in [5.41, 5.74) is 7.18. The zero-order valence-corrected chi connectivity index (χ0v) is 17.6. The fourth-order valence-electron chi connectivity index (χ4n) is 5.01. The van der Waals surface area contributed by atoms with Crippen molar-refractivity contribution in [2.75, 3.05) is 25.5 Å². The molecule has 1 aliphatic heterocycles. The molecule has 1 N–H and O–H groups in total. The standard InChI is InChI=1S/C24H35N3/c1-16(2)25-24-21-8-6-5-7-20(21)22-13-17(3)19(14-23(22)26-24)10-9-18-11-12-27(4)15-18/h13-14,16,18H,5-12,15H2,1-4H3,(H,25,26). The minimum absolute atomic E-state index is 0.422. The quantitative estimate of drug-likeness (QED) is 0.796. The van der Waals surface area contributed by atoms with Gasteiger partial charge in [0.15, 0.2) is 0 Å². The average molecular weight is 366 g/mol. The van der Waals surface area contributed by atoms with E-state index in [2.05, 4.69) is 50.2 Å². The van der Waals surface area contributed by atoms with Crippen molar-refractivity contribution in [2.45, 2.75) is 71.8 Å². The van der Waals surface area contributed by atoms with Crippen molar-refractivity contribution in [1.82, 2.24) is 9.88 Å². The fourth-order valence-corrected chi connectivity index (χ4v) is 5.01. The molecule has 3 heteroatoms. The van der Waals surface area contributed by atoms with Crippen molar-refractivity contribution in [3.05, 3.63) is 34.4 Å². The lowest BCUT2D eigenvalue weighted by Crippen LogP contribution is -2.16. The van der Waals surface area contributed by atoms with Crippen molar-refractivity contribution >= 4 is 16.7 Å². The number of rotatable bonds is 5. The maximum Gasteiger partial charge on any atom is 0.130 e. The Morgan fingerprint density at radius 2 is 1.96 bits per heavy atom. The molecule has 1 aromatic carbocycles. The highest BCUT2D eigenvalue weighted by molar-refractivity contribution is 5.87. The van der Waals surface area contributed by atoms with Crippen LogP contribution in [-0.4, -0.2) is 36.1 Å². The third kappa shape index (κ3) is 3.99. The maximum atomic E-state index is 5.10. The van der Waals surface area contributed by atoms with Crippen LogP contribution in [-0.2, 0) is 19.3 Å². The van der Waals surface area contributed by atoms with E-state index < -0.39 is 0 Å². The predicted octanol–water partition coefficient (Wildman–Crippen LogP) is 5.13. The summed E-state index contributed by atoms with van der Waals surface area (Å²) in [5, 5.41) is 5.03. The average Bonchev–Trinajstić information content (AvgIpc) is 3.06. The van der Waals surface area contributed by atoms with Gasteiger partial charge in [-0.3, -0.25) is 0 Å². The summed E-state index contributed by atoms with van der Waals surface area (Å²) in [6, 6.07) is 5.25. The monoisotopic (exact) mass is 365 g/mol. The van der Waals surface area contributed by atoms with Crippen molar-refractivity contribution in [1.29, 1.82) is 0 Å². The van der Waals surface area contributed by atoms with Crippen LogP contribution in [0.4, 0.5) is 5.82 Å². The molecule has 0 radical (unpaired) electrons. The summed E-state index contributed by atoms with van der Waals surface area (Å²) < 4.78 is 0. The zero-order valence-electron chi connectivity index (χ0n) is 17.6. The number of hydrogen-bond acceptors (Lipinski definition) is 3. The van der Waals surface area contributed by atoms with Gasteiger partial charge in [-0.2, -0.15) is 0 Å². The van der Waals surface area contributed by atoms with E-state index in [0.717, 1.165) is 11.7 Å². The minimum atomic E-state index is 0.422. The summed E-state index contributed by atoms with van der Waals surface area (Å²) in [6.45, 7) is 9.24. The highest BCUT2D eigenvalue weighted by atomic mass is 15.1. The molecule has 0 amide bonds. The largest absolute Gasteiger partial charge is 0.368 e. The van der Waals surface area contributed by atoms with Crippen molar-refractivity contribution in [2.24, 2.45) is 5.92 Å². The summed E-state index contributed by atoms with van der Waals surface area (Å²) in [5.74, 6) is 2.00. The molecule has 4 rings (SSSR count). The Morgan fingerprint density at radius 1 is 1.19 bits per heavy atom. The molecule has 1 fully saturated rings. The molecular weight excluding hydrogens is 330 g/mol. The van der Waals surface area contributed by atoms with Crippen LogP contribution in [0.5, 0.6) is 0 Å². The molecule has 1 aliphatic carbocycles. The first-order chi connectivity index (χ1) is 13.0. The fraction of sp³-hybridized carbons (Fsp3) is 0.625. The second-order valence-electron chi connectivity index (χ2n) is 9.18. The lowest BCUT2D eigenvalue weighted by Gasteiger charge is -2.23. The van der Waals surface area contributed by atoms with E-state index in [-0.39, 0.29) is 0 Å². The first kappa shape index (κ1) is 18.7. The molecule has 1 unspecified atom stereocenters. The highest BCUT2D eigenvalue weighted by Gasteiger charge is 2.21. The van der Waals surface area contributed by atoms with E-state index >= 15 is 0 Å². The van der Waals surface area contributed by atoms with E-state index in [0.29, 0.717) is 6.04 Å². The van der Waals surface area contributed by atoms with Gasteiger partial charge < -0.3 is 10.2 Å². The highest BCUT2D eigenvalue weighted by Crippen LogP contribution is 2.34. The number of hydrogen-bond donors (Lipinski definition) is 1. The molecule has 27 heavy (non-hydrogen) atoms. The lowest BCUT2D eigenvalue weighted by molar-refractivity contribution is 0.388. The van der Waals surface area contributed by atoms with Gasteiger partial charge in [0.1, 0.15) is 5.82 Å². The van der Waals surface area contributed by atoms with E-state index in [1.807, 2.05) is 0 Å². The number of fused-ring (bicyclic) bond motifs is 3. The molecule has 2 heterocycles.